The van der Waals surface area contributed by atoms with Crippen LogP contribution in [0.1, 0.15) is 24.2 Å². The molecule has 1 aromatic carbocycles. The second kappa shape index (κ2) is 14.6. The highest BCUT2D eigenvalue weighted by Crippen LogP contribution is 2.21. The minimum absolute atomic E-state index is 0.0533. The van der Waals surface area contributed by atoms with Gasteiger partial charge >= 0.3 is 0 Å². The van der Waals surface area contributed by atoms with Gasteiger partial charge in [-0.15, -0.1) is 0 Å². The van der Waals surface area contributed by atoms with Crippen molar-refractivity contribution >= 4 is 18.9 Å². The molecule has 0 unspecified atom stereocenters. The molecule has 0 aliphatic carbocycles. The molecule has 3 rings (SSSR count). The highest BCUT2D eigenvalue weighted by Gasteiger charge is 2.21. The van der Waals surface area contributed by atoms with Crippen molar-refractivity contribution in [1.29, 1.82) is 0 Å². The van der Waals surface area contributed by atoms with E-state index in [-0.39, 0.29) is 37.5 Å². The number of carbonyl (C=O) groups is 3. The second-order valence-corrected chi connectivity index (χ2v) is 7.19. The van der Waals surface area contributed by atoms with Crippen molar-refractivity contribution in [1.82, 2.24) is 19.8 Å². The molecule has 1 aliphatic heterocycles. The lowest BCUT2D eigenvalue weighted by Crippen LogP contribution is -2.39. The van der Waals surface area contributed by atoms with Crippen molar-refractivity contribution < 1.29 is 37.8 Å². The van der Waals surface area contributed by atoms with Crippen LogP contribution in [0.15, 0.2) is 24.5 Å². The topological polar surface area (TPSA) is 125 Å². The number of carboxylic acid groups (broad SMARTS) is 2. The molecule has 1 aromatic heterocycles. The Bertz CT molecular complexity index is 896. The minimum Gasteiger partial charge on any atom is -0.483 e. The SMILES string of the molecule is Cc1nccn1CC(=O)NCC1CCN(Cc2cc(F)c(F)cc2F)CC1.O=CO.O=CO. The number of nitrogens with one attached hydrogen (secondary N) is 1. The molecule has 33 heavy (non-hydrogen) atoms. The minimum atomic E-state index is -1.17. The average Bonchev–Trinajstić information content (AvgIpc) is 3.17. The first kappa shape index (κ1) is 27.6. The van der Waals surface area contributed by atoms with Crippen molar-refractivity contribution in [2.24, 2.45) is 5.92 Å². The van der Waals surface area contributed by atoms with E-state index in [9.17, 15) is 18.0 Å². The number of nitrogens with zero attached hydrogens (tertiary/aromatic N) is 3. The van der Waals surface area contributed by atoms with Crippen LogP contribution in [0.3, 0.4) is 0 Å². The van der Waals surface area contributed by atoms with E-state index in [0.717, 1.165) is 37.8 Å². The van der Waals surface area contributed by atoms with Gasteiger partial charge in [-0.05, 0) is 44.8 Å². The molecule has 0 spiro atoms. The molecule has 9 nitrogen and oxygen atoms in total. The third kappa shape index (κ3) is 9.73. The molecule has 0 saturated carbocycles. The Labute approximate surface area is 188 Å². The van der Waals surface area contributed by atoms with Crippen molar-refractivity contribution in [3.63, 3.8) is 0 Å². The fourth-order valence-corrected chi connectivity index (χ4v) is 3.31. The van der Waals surface area contributed by atoms with Crippen LogP contribution in [0.25, 0.3) is 0 Å². The van der Waals surface area contributed by atoms with Crippen LogP contribution in [0, 0.1) is 30.3 Å². The fourth-order valence-electron chi connectivity index (χ4n) is 3.31. The molecule has 182 valence electrons. The number of aryl methyl sites for hydroxylation is 1. The smallest absolute Gasteiger partial charge is 0.290 e. The largest absolute Gasteiger partial charge is 0.483 e. The summed E-state index contributed by atoms with van der Waals surface area (Å²) in [6.45, 7) is 3.89. The third-order valence-corrected chi connectivity index (χ3v) is 5.02. The zero-order valence-electron chi connectivity index (χ0n) is 18.1. The van der Waals surface area contributed by atoms with Gasteiger partial charge in [0.05, 0.1) is 0 Å². The van der Waals surface area contributed by atoms with Crippen LogP contribution in [0.2, 0.25) is 0 Å². The number of piperidine rings is 1. The molecule has 3 N–H and O–H groups in total. The predicted octanol–water partition coefficient (Wildman–Crippen LogP) is 2.04. The van der Waals surface area contributed by atoms with E-state index < -0.39 is 17.5 Å². The summed E-state index contributed by atoms with van der Waals surface area (Å²) >= 11 is 0. The summed E-state index contributed by atoms with van der Waals surface area (Å²) in [7, 11) is 0. The number of amides is 1. The van der Waals surface area contributed by atoms with E-state index in [1.807, 2.05) is 11.8 Å². The maximum absolute atomic E-state index is 13.8. The summed E-state index contributed by atoms with van der Waals surface area (Å²) in [4.78, 5) is 34.9. The predicted molar refractivity (Wildman–Crippen MR) is 112 cm³/mol. The molecule has 1 fully saturated rings. The highest BCUT2D eigenvalue weighted by atomic mass is 19.2. The van der Waals surface area contributed by atoms with Gasteiger partial charge in [-0.2, -0.15) is 0 Å². The van der Waals surface area contributed by atoms with Gasteiger partial charge in [0.25, 0.3) is 12.9 Å². The molecule has 2 aromatic rings. The fraction of sp³-hybridized carbons (Fsp3) is 0.429. The third-order valence-electron chi connectivity index (χ3n) is 5.02. The standard InChI is InChI=1S/C19H23F3N4O.2CH2O2/c1-13-23-4-7-26(13)12-19(27)24-10-14-2-5-25(6-3-14)11-15-8-17(21)18(22)9-16(15)20;2*2-1-3/h4,7-9,14H,2-3,5-6,10-12H2,1H3,(H,24,27);2*1H,(H,2,3). The number of hydrogen-bond donors (Lipinski definition) is 3. The monoisotopic (exact) mass is 472 g/mol. The Morgan fingerprint density at radius 2 is 1.70 bits per heavy atom. The van der Waals surface area contributed by atoms with Gasteiger partial charge in [-0.3, -0.25) is 19.3 Å². The summed E-state index contributed by atoms with van der Waals surface area (Å²) in [6, 6.07) is 1.52. The Morgan fingerprint density at radius 3 is 2.24 bits per heavy atom. The molecule has 0 bridgehead atoms. The van der Waals surface area contributed by atoms with E-state index in [4.69, 9.17) is 19.8 Å². The van der Waals surface area contributed by atoms with Crippen molar-refractivity contribution in [3.8, 4) is 0 Å². The quantitative estimate of drug-likeness (QED) is 0.434. The van der Waals surface area contributed by atoms with Crippen molar-refractivity contribution in [2.45, 2.75) is 32.9 Å². The number of benzene rings is 1. The van der Waals surface area contributed by atoms with Crippen LogP contribution in [0.5, 0.6) is 0 Å². The molecule has 0 atom stereocenters. The van der Waals surface area contributed by atoms with E-state index in [2.05, 4.69) is 10.3 Å². The van der Waals surface area contributed by atoms with Crippen LogP contribution in [-0.2, 0) is 27.5 Å². The van der Waals surface area contributed by atoms with Crippen molar-refractivity contribution in [3.05, 3.63) is 53.4 Å². The summed E-state index contributed by atoms with van der Waals surface area (Å²) in [5.74, 6) is -1.83. The van der Waals surface area contributed by atoms with Gasteiger partial charge in [0.15, 0.2) is 11.6 Å². The zero-order chi connectivity index (χ0) is 24.8. The Kier molecular flexibility index (Phi) is 12.2. The van der Waals surface area contributed by atoms with E-state index in [1.165, 1.54) is 0 Å². The Hall–Kier alpha value is -3.41. The molecule has 1 saturated heterocycles. The van der Waals surface area contributed by atoms with Gasteiger partial charge in [-0.25, -0.2) is 18.2 Å². The lowest BCUT2D eigenvalue weighted by atomic mass is 9.96. The summed E-state index contributed by atoms with van der Waals surface area (Å²) in [5, 5.41) is 16.7. The number of carbonyl (C=O) groups excluding carboxylic acids is 1. The second-order valence-electron chi connectivity index (χ2n) is 7.19. The summed E-state index contributed by atoms with van der Waals surface area (Å²) < 4.78 is 41.9. The number of aromatic nitrogens is 2. The number of likely N-dealkylation sites (tertiary alicyclic amines) is 1. The number of rotatable bonds is 6. The van der Waals surface area contributed by atoms with Gasteiger partial charge in [0.1, 0.15) is 18.2 Å². The first-order chi connectivity index (χ1) is 15.7. The van der Waals surface area contributed by atoms with Crippen molar-refractivity contribution in [2.75, 3.05) is 19.6 Å². The van der Waals surface area contributed by atoms with Crippen LogP contribution >= 0.6 is 0 Å². The number of hydrogen-bond acceptors (Lipinski definition) is 5. The first-order valence-corrected chi connectivity index (χ1v) is 10.0. The lowest BCUT2D eigenvalue weighted by Gasteiger charge is -2.32. The van der Waals surface area contributed by atoms with E-state index >= 15 is 0 Å². The number of halogens is 3. The Morgan fingerprint density at radius 1 is 1.12 bits per heavy atom. The zero-order valence-corrected chi connectivity index (χ0v) is 18.1. The van der Waals surface area contributed by atoms with E-state index in [0.29, 0.717) is 18.5 Å². The number of imidazole rings is 1. The molecule has 2 heterocycles. The maximum Gasteiger partial charge on any atom is 0.290 e. The summed E-state index contributed by atoms with van der Waals surface area (Å²) in [6.07, 6.45) is 5.14. The molecule has 0 radical (unpaired) electrons. The molecule has 12 heteroatoms. The average molecular weight is 472 g/mol. The first-order valence-electron chi connectivity index (χ1n) is 10.0. The van der Waals surface area contributed by atoms with Crippen LogP contribution in [0.4, 0.5) is 13.2 Å². The van der Waals surface area contributed by atoms with Crippen LogP contribution < -0.4 is 5.32 Å². The molecule has 1 amide bonds. The molecule has 1 aliphatic rings. The van der Waals surface area contributed by atoms with E-state index in [1.54, 1.807) is 17.0 Å². The highest BCUT2D eigenvalue weighted by molar-refractivity contribution is 5.75. The van der Waals surface area contributed by atoms with Crippen LogP contribution in [-0.4, -0.2) is 63.1 Å². The maximum atomic E-state index is 13.8. The Balaban J connectivity index is 0.000000819. The van der Waals surface area contributed by atoms with Gasteiger partial charge < -0.3 is 20.1 Å². The van der Waals surface area contributed by atoms with Gasteiger partial charge in [0.2, 0.25) is 5.91 Å². The molecular formula is C21H27F3N4O5. The lowest BCUT2D eigenvalue weighted by molar-refractivity contribution is -0.123. The van der Waals surface area contributed by atoms with Gasteiger partial charge in [0, 0.05) is 37.1 Å². The summed E-state index contributed by atoms with van der Waals surface area (Å²) in [5.41, 5.74) is 0.163. The normalized spacial score (nSPS) is 13.7. The molecular weight excluding hydrogens is 445 g/mol. The van der Waals surface area contributed by atoms with Gasteiger partial charge in [-0.1, -0.05) is 0 Å².